The molecule has 0 spiro atoms. The van der Waals surface area contributed by atoms with Gasteiger partial charge in [-0.25, -0.2) is 0 Å². The van der Waals surface area contributed by atoms with Gasteiger partial charge in [0.25, 0.3) is 0 Å². The second kappa shape index (κ2) is 22.2. The Morgan fingerprint density at radius 1 is 0.450 bits per heavy atom. The predicted octanol–water partition coefficient (Wildman–Crippen LogP) is 8.99. The molecule has 312 valence electrons. The average Bonchev–Trinajstić information content (AvgIpc) is 3.31. The highest BCUT2D eigenvalue weighted by Gasteiger charge is 2.55. The van der Waals surface area contributed by atoms with E-state index in [0.717, 1.165) is 33.4 Å². The zero-order valence-corrected chi connectivity index (χ0v) is 34.1. The van der Waals surface area contributed by atoms with Gasteiger partial charge in [-0.15, -0.1) is 0 Å². The maximum absolute atomic E-state index is 15.2. The number of benzene rings is 6. The molecule has 7 atom stereocenters. The molecule has 1 aliphatic heterocycles. The van der Waals surface area contributed by atoms with E-state index in [4.69, 9.17) is 32.7 Å². The van der Waals surface area contributed by atoms with Crippen molar-refractivity contribution in [3.63, 3.8) is 0 Å². The Morgan fingerprint density at radius 3 is 1.15 bits per heavy atom. The van der Waals surface area contributed by atoms with Crippen molar-refractivity contribution in [1.29, 1.82) is 0 Å². The first kappa shape index (κ1) is 43.3. The van der Waals surface area contributed by atoms with Crippen molar-refractivity contribution in [3.8, 4) is 0 Å². The molecule has 6 aromatic rings. The summed E-state index contributed by atoms with van der Waals surface area (Å²) in [6.45, 7) is 0.0975. The van der Waals surface area contributed by atoms with Gasteiger partial charge in [-0.05, 0) is 33.4 Å². The minimum absolute atomic E-state index is 0.0230. The Bertz CT molecular complexity index is 2100. The molecule has 0 aliphatic carbocycles. The molecular weight excluding hydrogens is 780 g/mol. The highest BCUT2D eigenvalue weighted by Crippen LogP contribution is 2.56. The van der Waals surface area contributed by atoms with Gasteiger partial charge in [0.15, 0.2) is 12.1 Å². The summed E-state index contributed by atoms with van der Waals surface area (Å²) < 4.78 is 60.5. The molecule has 0 radical (unpaired) electrons. The maximum Gasteiger partial charge on any atom is 0.362 e. The van der Waals surface area contributed by atoms with E-state index in [0.29, 0.717) is 0 Å². The van der Waals surface area contributed by atoms with Crippen molar-refractivity contribution < 1.29 is 47.5 Å². The molecule has 2 unspecified atom stereocenters. The Morgan fingerprint density at radius 2 is 0.767 bits per heavy atom. The van der Waals surface area contributed by atoms with E-state index in [1.165, 1.54) is 0 Å². The predicted molar refractivity (Wildman–Crippen MR) is 227 cm³/mol. The van der Waals surface area contributed by atoms with Crippen molar-refractivity contribution >= 4 is 7.60 Å². The highest BCUT2D eigenvalue weighted by molar-refractivity contribution is 7.54. The van der Waals surface area contributed by atoms with E-state index < -0.39 is 50.3 Å². The molecule has 7 rings (SSSR count). The summed E-state index contributed by atoms with van der Waals surface area (Å²) in [6.07, 6.45) is -7.47. The van der Waals surface area contributed by atoms with E-state index in [9.17, 15) is 10.2 Å². The summed E-state index contributed by atoms with van der Waals surface area (Å²) in [5.41, 5.74) is 4.83. The fourth-order valence-electron chi connectivity index (χ4n) is 6.94. The van der Waals surface area contributed by atoms with Crippen molar-refractivity contribution in [2.75, 3.05) is 0 Å². The molecule has 0 aromatic heterocycles. The molecule has 10 nitrogen and oxygen atoms in total. The molecule has 0 bridgehead atoms. The van der Waals surface area contributed by atoms with Gasteiger partial charge in [-0.3, -0.25) is 4.57 Å². The second-order valence-corrected chi connectivity index (χ2v) is 16.6. The van der Waals surface area contributed by atoms with Crippen LogP contribution < -0.4 is 0 Å². The summed E-state index contributed by atoms with van der Waals surface area (Å²) in [6, 6.07) is 56.6. The molecule has 0 amide bonds. The van der Waals surface area contributed by atoms with E-state index in [-0.39, 0.29) is 39.6 Å². The van der Waals surface area contributed by atoms with Gasteiger partial charge in [-0.2, -0.15) is 0 Å². The molecule has 2 N–H and O–H groups in total. The van der Waals surface area contributed by atoms with Crippen LogP contribution in [0, 0.1) is 0 Å². The minimum atomic E-state index is -4.52. The maximum atomic E-state index is 15.2. The lowest BCUT2D eigenvalue weighted by atomic mass is 9.94. The summed E-state index contributed by atoms with van der Waals surface area (Å²) in [5, 5.41) is 24.5. The van der Waals surface area contributed by atoms with E-state index in [1.807, 2.05) is 182 Å². The van der Waals surface area contributed by atoms with Gasteiger partial charge in [0.05, 0.1) is 39.6 Å². The summed E-state index contributed by atoms with van der Waals surface area (Å²) >= 11 is 0. The lowest BCUT2D eigenvalue weighted by Gasteiger charge is -2.47. The van der Waals surface area contributed by atoms with Crippen molar-refractivity contribution in [2.24, 2.45) is 0 Å². The summed E-state index contributed by atoms with van der Waals surface area (Å²) in [7, 11) is -4.52. The molecule has 6 aromatic carbocycles. The third-order valence-electron chi connectivity index (χ3n) is 10.1. The molecule has 0 saturated carbocycles. The normalized spacial score (nSPS) is 20.3. The first-order valence-electron chi connectivity index (χ1n) is 20.1. The Balaban J connectivity index is 1.27. The second-order valence-electron chi connectivity index (χ2n) is 14.5. The fraction of sp³-hybridized carbons (Fsp3) is 0.265. The molecule has 11 heteroatoms. The van der Waals surface area contributed by atoms with Crippen LogP contribution in [0.2, 0.25) is 0 Å². The van der Waals surface area contributed by atoms with E-state index in [1.54, 1.807) is 0 Å². The van der Waals surface area contributed by atoms with Crippen LogP contribution in [0.15, 0.2) is 182 Å². The largest absolute Gasteiger partial charge is 0.378 e. The minimum Gasteiger partial charge on any atom is -0.378 e. The third-order valence-corrected chi connectivity index (χ3v) is 12.1. The number of ether oxygens (including phenoxy) is 5. The van der Waals surface area contributed by atoms with Gasteiger partial charge < -0.3 is 42.9 Å². The van der Waals surface area contributed by atoms with Gasteiger partial charge in [-0.1, -0.05) is 182 Å². The van der Waals surface area contributed by atoms with Crippen LogP contribution in [-0.2, 0) is 76.9 Å². The van der Waals surface area contributed by atoms with Gasteiger partial charge in [0.2, 0.25) is 0 Å². The number of rotatable bonds is 21. The quantitative estimate of drug-likeness (QED) is 0.0680. The fourth-order valence-corrected chi connectivity index (χ4v) is 8.59. The number of hydrogen-bond acceptors (Lipinski definition) is 10. The highest BCUT2D eigenvalue weighted by atomic mass is 31.2. The van der Waals surface area contributed by atoms with E-state index >= 15 is 4.57 Å². The lowest BCUT2D eigenvalue weighted by Crippen LogP contribution is -2.64. The van der Waals surface area contributed by atoms with Gasteiger partial charge in [0, 0.05) is 0 Å². The van der Waals surface area contributed by atoms with Crippen LogP contribution in [0.25, 0.3) is 0 Å². The molecule has 60 heavy (non-hydrogen) atoms. The summed E-state index contributed by atoms with van der Waals surface area (Å²) in [5.74, 6) is -1.94. The molecule has 1 aliphatic rings. The molecule has 1 fully saturated rings. The van der Waals surface area contributed by atoms with Crippen LogP contribution in [0.5, 0.6) is 0 Å². The topological polar surface area (TPSA) is 122 Å². The standard InChI is InChI=1S/C49H51O10P/c50-48-46(55-33-39-23-11-3-12-24-39)44(54-32-38-21-9-2-10-22-38)43(53-31-37-19-7-1-8-20-37)45(59-48)47(56-34-40-25-13-4-14-26-40)49(51)60(52,57-35-41-27-15-5-16-28-41)58-36-42-29-17-6-18-30-42/h1-30,43-51H,31-36H2/t43-,44-,45-,46-,47+,48?,49?/m0/s1. The first-order chi connectivity index (χ1) is 29.4. The molecule has 1 heterocycles. The van der Waals surface area contributed by atoms with Crippen molar-refractivity contribution in [1.82, 2.24) is 0 Å². The van der Waals surface area contributed by atoms with Crippen LogP contribution in [0.3, 0.4) is 0 Å². The smallest absolute Gasteiger partial charge is 0.362 e. The molecular formula is C49H51O10P. The van der Waals surface area contributed by atoms with Crippen molar-refractivity contribution in [2.45, 2.75) is 82.3 Å². The van der Waals surface area contributed by atoms with Gasteiger partial charge >= 0.3 is 7.60 Å². The zero-order chi connectivity index (χ0) is 41.4. The Labute approximate surface area is 351 Å². The SMILES string of the molecule is O=P(OCc1ccccc1)(OCc1ccccc1)C(O)[C@H](OCc1ccccc1)[C@H]1OC(O)[C@@H](OCc2ccccc2)[C@@H](OCc2ccccc2)[C@@H]1OCc1ccccc1. The Kier molecular flexibility index (Phi) is 16.0. The summed E-state index contributed by atoms with van der Waals surface area (Å²) in [4.78, 5) is 0. The lowest BCUT2D eigenvalue weighted by molar-refractivity contribution is -0.330. The van der Waals surface area contributed by atoms with Crippen LogP contribution in [0.1, 0.15) is 33.4 Å². The number of aliphatic hydroxyl groups excluding tert-OH is 2. The monoisotopic (exact) mass is 830 g/mol. The van der Waals surface area contributed by atoms with Crippen LogP contribution in [0.4, 0.5) is 0 Å². The first-order valence-corrected chi connectivity index (χ1v) is 21.7. The van der Waals surface area contributed by atoms with Crippen LogP contribution in [-0.4, -0.2) is 52.9 Å². The van der Waals surface area contributed by atoms with Crippen molar-refractivity contribution in [3.05, 3.63) is 215 Å². The Hall–Kier alpha value is -4.81. The van der Waals surface area contributed by atoms with Crippen LogP contribution >= 0.6 is 7.60 Å². The molecule has 1 saturated heterocycles. The van der Waals surface area contributed by atoms with Gasteiger partial charge in [0.1, 0.15) is 30.5 Å². The number of hydrogen-bond donors (Lipinski definition) is 2. The van der Waals surface area contributed by atoms with E-state index in [2.05, 4.69) is 0 Å². The zero-order valence-electron chi connectivity index (χ0n) is 33.2. The average molecular weight is 831 g/mol. The third kappa shape index (κ3) is 12.2. The number of aliphatic hydroxyl groups is 2.